The lowest BCUT2D eigenvalue weighted by Gasteiger charge is -2.21. The van der Waals surface area contributed by atoms with Crippen LogP contribution in [0.15, 0.2) is 53.5 Å². The minimum atomic E-state index is 0.949. The highest BCUT2D eigenvalue weighted by Crippen LogP contribution is 2.18. The first-order valence-electron chi connectivity index (χ1n) is 7.95. The van der Waals surface area contributed by atoms with E-state index < -0.39 is 0 Å². The van der Waals surface area contributed by atoms with Gasteiger partial charge in [-0.15, -0.1) is 0 Å². The van der Waals surface area contributed by atoms with Gasteiger partial charge < -0.3 is 10.2 Å². The number of guanidine groups is 1. The van der Waals surface area contributed by atoms with Crippen LogP contribution in [0.25, 0.3) is 0 Å². The maximum absolute atomic E-state index is 4.83. The van der Waals surface area contributed by atoms with E-state index in [1.165, 1.54) is 24.0 Å². The minimum absolute atomic E-state index is 0.949. The van der Waals surface area contributed by atoms with E-state index in [2.05, 4.69) is 72.6 Å². The van der Waals surface area contributed by atoms with Gasteiger partial charge in [-0.3, -0.25) is 0 Å². The molecule has 0 atom stereocenters. The number of nitrogens with one attached hydrogen (secondary N) is 1. The van der Waals surface area contributed by atoms with Crippen LogP contribution >= 0.6 is 0 Å². The van der Waals surface area contributed by atoms with Gasteiger partial charge in [-0.2, -0.15) is 0 Å². The molecule has 1 aliphatic rings. The second-order valence-corrected chi connectivity index (χ2v) is 5.96. The molecule has 0 spiro atoms. The molecular formula is C19H23N3. The molecule has 1 heterocycles. The summed E-state index contributed by atoms with van der Waals surface area (Å²) >= 11 is 0. The van der Waals surface area contributed by atoms with Crippen molar-refractivity contribution >= 4 is 17.3 Å². The van der Waals surface area contributed by atoms with Gasteiger partial charge in [0.05, 0.1) is 5.69 Å². The molecular weight excluding hydrogens is 270 g/mol. The van der Waals surface area contributed by atoms with E-state index in [4.69, 9.17) is 4.99 Å². The van der Waals surface area contributed by atoms with Crippen LogP contribution in [0.5, 0.6) is 0 Å². The molecule has 0 amide bonds. The molecule has 0 aliphatic carbocycles. The Labute approximate surface area is 132 Å². The Balaban J connectivity index is 1.86. The normalized spacial score (nSPS) is 15.2. The maximum atomic E-state index is 4.83. The van der Waals surface area contributed by atoms with E-state index in [1.807, 2.05) is 0 Å². The zero-order valence-electron chi connectivity index (χ0n) is 13.3. The quantitative estimate of drug-likeness (QED) is 0.652. The Bertz CT molecular complexity index is 635. The van der Waals surface area contributed by atoms with Gasteiger partial charge in [0.1, 0.15) is 0 Å². The van der Waals surface area contributed by atoms with Crippen molar-refractivity contribution < 1.29 is 0 Å². The third kappa shape index (κ3) is 3.67. The highest BCUT2D eigenvalue weighted by molar-refractivity contribution is 5.95. The van der Waals surface area contributed by atoms with Crippen LogP contribution in [-0.2, 0) is 0 Å². The van der Waals surface area contributed by atoms with Crippen LogP contribution in [0.3, 0.4) is 0 Å². The summed E-state index contributed by atoms with van der Waals surface area (Å²) in [5, 5.41) is 3.49. The minimum Gasteiger partial charge on any atom is -0.342 e. The van der Waals surface area contributed by atoms with Crippen molar-refractivity contribution in [2.45, 2.75) is 26.7 Å². The predicted octanol–water partition coefficient (Wildman–Crippen LogP) is 4.50. The molecule has 1 saturated heterocycles. The molecule has 3 nitrogen and oxygen atoms in total. The largest absolute Gasteiger partial charge is 0.342 e. The Morgan fingerprint density at radius 1 is 0.864 bits per heavy atom. The molecule has 0 saturated carbocycles. The molecule has 2 aromatic rings. The van der Waals surface area contributed by atoms with Crippen molar-refractivity contribution in [3.63, 3.8) is 0 Å². The van der Waals surface area contributed by atoms with Crippen molar-refractivity contribution in [2.24, 2.45) is 4.99 Å². The second-order valence-electron chi connectivity index (χ2n) is 5.96. The summed E-state index contributed by atoms with van der Waals surface area (Å²) in [5.74, 6) is 0.949. The molecule has 0 radical (unpaired) electrons. The lowest BCUT2D eigenvalue weighted by atomic mass is 10.2. The van der Waals surface area contributed by atoms with Gasteiger partial charge in [0.15, 0.2) is 0 Å². The van der Waals surface area contributed by atoms with E-state index in [0.29, 0.717) is 0 Å². The summed E-state index contributed by atoms with van der Waals surface area (Å²) in [6.07, 6.45) is 2.48. The van der Waals surface area contributed by atoms with Crippen LogP contribution in [0.4, 0.5) is 11.4 Å². The summed E-state index contributed by atoms with van der Waals surface area (Å²) in [6.45, 7) is 6.35. The molecule has 0 bridgehead atoms. The van der Waals surface area contributed by atoms with Crippen LogP contribution < -0.4 is 5.32 Å². The standard InChI is InChI=1S/C19H23N3/c1-15-5-9-17(10-6-15)20-19(22-13-3-4-14-22)21-18-11-7-16(2)8-12-18/h5-12H,3-4,13-14H2,1-2H3,(H,20,21). The molecule has 1 N–H and O–H groups in total. The third-order valence-corrected chi connectivity index (χ3v) is 3.98. The second kappa shape index (κ2) is 6.65. The first-order chi connectivity index (χ1) is 10.7. The van der Waals surface area contributed by atoms with Crippen molar-refractivity contribution in [1.29, 1.82) is 0 Å². The van der Waals surface area contributed by atoms with Gasteiger partial charge in [0.2, 0.25) is 5.96 Å². The van der Waals surface area contributed by atoms with E-state index >= 15 is 0 Å². The first-order valence-corrected chi connectivity index (χ1v) is 7.95. The predicted molar refractivity (Wildman–Crippen MR) is 93.9 cm³/mol. The smallest absolute Gasteiger partial charge is 0.203 e. The fourth-order valence-corrected chi connectivity index (χ4v) is 2.61. The number of hydrogen-bond donors (Lipinski definition) is 1. The van der Waals surface area contributed by atoms with Gasteiger partial charge in [-0.25, -0.2) is 4.99 Å². The third-order valence-electron chi connectivity index (χ3n) is 3.98. The summed E-state index contributed by atoms with van der Waals surface area (Å²) in [7, 11) is 0. The highest BCUT2D eigenvalue weighted by Gasteiger charge is 2.16. The van der Waals surface area contributed by atoms with Crippen LogP contribution in [0.1, 0.15) is 24.0 Å². The summed E-state index contributed by atoms with van der Waals surface area (Å²) < 4.78 is 0. The van der Waals surface area contributed by atoms with E-state index in [9.17, 15) is 0 Å². The fourth-order valence-electron chi connectivity index (χ4n) is 2.61. The Kier molecular flexibility index (Phi) is 4.42. The first kappa shape index (κ1) is 14.6. The fraction of sp³-hybridized carbons (Fsp3) is 0.316. The van der Waals surface area contributed by atoms with Crippen LogP contribution in [0, 0.1) is 13.8 Å². The van der Waals surface area contributed by atoms with Gasteiger partial charge in [0, 0.05) is 18.8 Å². The van der Waals surface area contributed by atoms with Crippen LogP contribution in [-0.4, -0.2) is 23.9 Å². The number of benzene rings is 2. The number of rotatable bonds is 2. The maximum Gasteiger partial charge on any atom is 0.203 e. The zero-order valence-corrected chi connectivity index (χ0v) is 13.3. The van der Waals surface area contributed by atoms with Gasteiger partial charge in [0.25, 0.3) is 0 Å². The topological polar surface area (TPSA) is 27.6 Å². The number of aryl methyl sites for hydroxylation is 2. The summed E-state index contributed by atoms with van der Waals surface area (Å²) in [4.78, 5) is 7.16. The highest BCUT2D eigenvalue weighted by atomic mass is 15.3. The number of aliphatic imine (C=N–C) groups is 1. The Hall–Kier alpha value is -2.29. The van der Waals surface area contributed by atoms with E-state index in [1.54, 1.807) is 0 Å². The van der Waals surface area contributed by atoms with E-state index in [0.717, 1.165) is 30.4 Å². The molecule has 0 unspecified atom stereocenters. The lowest BCUT2D eigenvalue weighted by Crippen LogP contribution is -2.33. The Morgan fingerprint density at radius 3 is 2.00 bits per heavy atom. The van der Waals surface area contributed by atoms with Crippen molar-refractivity contribution in [2.75, 3.05) is 18.4 Å². The SMILES string of the molecule is Cc1ccc(N=C(Nc2ccc(C)cc2)N2CCCC2)cc1. The average Bonchev–Trinajstić information content (AvgIpc) is 3.05. The molecule has 114 valence electrons. The number of likely N-dealkylation sites (tertiary alicyclic amines) is 1. The van der Waals surface area contributed by atoms with Gasteiger partial charge in [-0.05, 0) is 51.0 Å². The molecule has 2 aromatic carbocycles. The number of anilines is 1. The molecule has 1 aliphatic heterocycles. The molecule has 3 heteroatoms. The molecule has 22 heavy (non-hydrogen) atoms. The summed E-state index contributed by atoms with van der Waals surface area (Å²) in [5.41, 5.74) is 4.60. The van der Waals surface area contributed by atoms with Crippen LogP contribution in [0.2, 0.25) is 0 Å². The Morgan fingerprint density at radius 2 is 1.41 bits per heavy atom. The molecule has 3 rings (SSSR count). The van der Waals surface area contributed by atoms with E-state index in [-0.39, 0.29) is 0 Å². The zero-order chi connectivity index (χ0) is 15.4. The van der Waals surface area contributed by atoms with Crippen molar-refractivity contribution in [3.05, 3.63) is 59.7 Å². The van der Waals surface area contributed by atoms with Gasteiger partial charge in [-0.1, -0.05) is 35.4 Å². The number of hydrogen-bond acceptors (Lipinski definition) is 1. The van der Waals surface area contributed by atoms with Crippen molar-refractivity contribution in [1.82, 2.24) is 4.90 Å². The average molecular weight is 293 g/mol. The van der Waals surface area contributed by atoms with Gasteiger partial charge >= 0.3 is 0 Å². The molecule has 1 fully saturated rings. The van der Waals surface area contributed by atoms with Crippen molar-refractivity contribution in [3.8, 4) is 0 Å². The number of nitrogens with zero attached hydrogens (tertiary/aromatic N) is 2. The lowest BCUT2D eigenvalue weighted by molar-refractivity contribution is 0.518. The summed E-state index contributed by atoms with van der Waals surface area (Å²) in [6, 6.07) is 16.8. The molecule has 0 aromatic heterocycles. The monoisotopic (exact) mass is 293 g/mol.